The minimum absolute atomic E-state index is 0.276. The largest absolute Gasteiger partial charge is 0.357 e. The van der Waals surface area contributed by atoms with Crippen LogP contribution in [-0.2, 0) is 10.0 Å². The number of halogens is 1. The molecule has 1 N–H and O–H groups in total. The summed E-state index contributed by atoms with van der Waals surface area (Å²) in [5, 5.41) is 0. The van der Waals surface area contributed by atoms with Crippen molar-refractivity contribution in [2.45, 2.75) is 42.4 Å². The van der Waals surface area contributed by atoms with E-state index in [1.165, 1.54) is 43.4 Å². The topological polar surface area (TPSA) is 62.3 Å². The monoisotopic (exact) mass is 429 g/mol. The Hall–Kier alpha value is -1.12. The molecule has 2 aromatic heterocycles. The van der Waals surface area contributed by atoms with Crippen LogP contribution < -0.4 is 9.62 Å². The molecule has 130 valence electrons. The van der Waals surface area contributed by atoms with Gasteiger partial charge >= 0.3 is 0 Å². The van der Waals surface area contributed by atoms with Crippen molar-refractivity contribution in [3.63, 3.8) is 0 Å². The van der Waals surface area contributed by atoms with Crippen LogP contribution in [0.1, 0.15) is 32.1 Å². The van der Waals surface area contributed by atoms with Gasteiger partial charge in [0.15, 0.2) is 0 Å². The summed E-state index contributed by atoms with van der Waals surface area (Å²) >= 11 is 4.46. The van der Waals surface area contributed by atoms with Crippen LogP contribution in [0.3, 0.4) is 0 Å². The standard InChI is InChI=1S/C16H20BrN3O2S2/c1-20(13-5-3-2-4-6-13)15-9-7-12(11-18-15)19-24(21,22)16-10-8-14(17)23-16/h7-11,13,19H,2-6H2,1H3. The summed E-state index contributed by atoms with van der Waals surface area (Å²) in [7, 11) is -1.50. The fourth-order valence-electron chi connectivity index (χ4n) is 2.96. The third kappa shape index (κ3) is 4.10. The van der Waals surface area contributed by atoms with Crippen molar-refractivity contribution in [1.82, 2.24) is 4.98 Å². The van der Waals surface area contributed by atoms with Crippen molar-refractivity contribution in [1.29, 1.82) is 0 Å². The first-order valence-corrected chi connectivity index (χ1v) is 11.0. The Morgan fingerprint density at radius 2 is 1.96 bits per heavy atom. The zero-order valence-electron chi connectivity index (χ0n) is 13.4. The highest BCUT2D eigenvalue weighted by Gasteiger charge is 2.20. The van der Waals surface area contributed by atoms with Crippen LogP contribution in [0.15, 0.2) is 38.5 Å². The lowest BCUT2D eigenvalue weighted by molar-refractivity contribution is 0.426. The molecule has 0 aromatic carbocycles. The zero-order chi connectivity index (χ0) is 17.2. The molecule has 2 aromatic rings. The Morgan fingerprint density at radius 1 is 1.21 bits per heavy atom. The van der Waals surface area contributed by atoms with E-state index in [4.69, 9.17) is 0 Å². The number of anilines is 2. The van der Waals surface area contributed by atoms with Gasteiger partial charge in [-0.25, -0.2) is 13.4 Å². The molecular weight excluding hydrogens is 410 g/mol. The fraction of sp³-hybridized carbons (Fsp3) is 0.438. The highest BCUT2D eigenvalue weighted by Crippen LogP contribution is 2.28. The Morgan fingerprint density at radius 3 is 2.54 bits per heavy atom. The molecule has 0 amide bonds. The number of hydrogen-bond donors (Lipinski definition) is 1. The molecule has 3 rings (SSSR count). The molecule has 1 aliphatic rings. The number of nitrogens with zero attached hydrogens (tertiary/aromatic N) is 2. The highest BCUT2D eigenvalue weighted by molar-refractivity contribution is 9.11. The van der Waals surface area contributed by atoms with Crippen LogP contribution in [0.5, 0.6) is 0 Å². The molecular formula is C16H20BrN3O2S2. The van der Waals surface area contributed by atoms with Crippen molar-refractivity contribution < 1.29 is 8.42 Å². The fourth-order valence-corrected chi connectivity index (χ4v) is 6.01. The molecule has 1 fully saturated rings. The molecule has 5 nitrogen and oxygen atoms in total. The van der Waals surface area contributed by atoms with Gasteiger partial charge in [-0.2, -0.15) is 0 Å². The van der Waals surface area contributed by atoms with E-state index in [0.717, 1.165) is 9.60 Å². The summed E-state index contributed by atoms with van der Waals surface area (Å²) in [5.74, 6) is 0.878. The van der Waals surface area contributed by atoms with Crippen molar-refractivity contribution in [3.8, 4) is 0 Å². The lowest BCUT2D eigenvalue weighted by Gasteiger charge is -2.32. The third-order valence-corrected chi connectivity index (χ3v) is 7.79. The van der Waals surface area contributed by atoms with Crippen molar-refractivity contribution in [2.75, 3.05) is 16.7 Å². The summed E-state index contributed by atoms with van der Waals surface area (Å²) in [5.41, 5.74) is 0.473. The van der Waals surface area contributed by atoms with Gasteiger partial charge in [0.2, 0.25) is 0 Å². The summed E-state index contributed by atoms with van der Waals surface area (Å²) in [6, 6.07) is 7.46. The maximum absolute atomic E-state index is 12.3. The Kier molecular flexibility index (Phi) is 5.46. The van der Waals surface area contributed by atoms with Crippen LogP contribution in [0.2, 0.25) is 0 Å². The van der Waals surface area contributed by atoms with E-state index >= 15 is 0 Å². The summed E-state index contributed by atoms with van der Waals surface area (Å²) < 4.78 is 28.3. The van der Waals surface area contributed by atoms with E-state index in [1.54, 1.807) is 24.4 Å². The Labute approximate surface area is 155 Å². The number of hydrogen-bond acceptors (Lipinski definition) is 5. The van der Waals surface area contributed by atoms with Gasteiger partial charge in [0.25, 0.3) is 10.0 Å². The average Bonchev–Trinajstić information content (AvgIpc) is 3.03. The number of aromatic nitrogens is 1. The maximum Gasteiger partial charge on any atom is 0.271 e. The second-order valence-corrected chi connectivity index (χ2v) is 10.3. The molecule has 0 unspecified atom stereocenters. The summed E-state index contributed by atoms with van der Waals surface area (Å²) in [6.07, 6.45) is 7.82. The summed E-state index contributed by atoms with van der Waals surface area (Å²) in [4.78, 5) is 6.63. The van der Waals surface area contributed by atoms with E-state index in [2.05, 4.69) is 37.6 Å². The van der Waals surface area contributed by atoms with Gasteiger partial charge in [-0.05, 0) is 53.0 Å². The van der Waals surface area contributed by atoms with E-state index < -0.39 is 10.0 Å². The molecule has 0 radical (unpaired) electrons. The Balaban J connectivity index is 1.70. The number of rotatable bonds is 5. The zero-order valence-corrected chi connectivity index (χ0v) is 16.6. The maximum atomic E-state index is 12.3. The molecule has 24 heavy (non-hydrogen) atoms. The molecule has 0 spiro atoms. The minimum Gasteiger partial charge on any atom is -0.357 e. The SMILES string of the molecule is CN(c1ccc(NS(=O)(=O)c2ccc(Br)s2)cn1)C1CCCCC1. The second-order valence-electron chi connectivity index (χ2n) is 5.97. The minimum atomic E-state index is -3.56. The molecule has 0 atom stereocenters. The van der Waals surface area contributed by atoms with E-state index in [0.29, 0.717) is 11.7 Å². The quantitative estimate of drug-likeness (QED) is 0.760. The van der Waals surface area contributed by atoms with Gasteiger partial charge in [0.1, 0.15) is 10.0 Å². The highest BCUT2D eigenvalue weighted by atomic mass is 79.9. The van der Waals surface area contributed by atoms with Crippen molar-refractivity contribution in [3.05, 3.63) is 34.2 Å². The smallest absolute Gasteiger partial charge is 0.271 e. The van der Waals surface area contributed by atoms with Gasteiger partial charge in [-0.1, -0.05) is 19.3 Å². The van der Waals surface area contributed by atoms with Crippen LogP contribution in [0.25, 0.3) is 0 Å². The Bertz CT molecular complexity index is 784. The lowest BCUT2D eigenvalue weighted by atomic mass is 9.94. The molecule has 0 bridgehead atoms. The van der Waals surface area contributed by atoms with Gasteiger partial charge in [0, 0.05) is 13.1 Å². The number of thiophene rings is 1. The molecule has 0 saturated heterocycles. The lowest BCUT2D eigenvalue weighted by Crippen LogP contribution is -2.33. The van der Waals surface area contributed by atoms with E-state index in [1.807, 2.05) is 6.07 Å². The van der Waals surface area contributed by atoms with Gasteiger partial charge in [-0.3, -0.25) is 4.72 Å². The number of pyridine rings is 1. The first-order chi connectivity index (χ1) is 11.5. The number of nitrogens with one attached hydrogen (secondary N) is 1. The number of sulfonamides is 1. The average molecular weight is 430 g/mol. The molecule has 2 heterocycles. The normalized spacial score (nSPS) is 16.1. The van der Waals surface area contributed by atoms with Gasteiger partial charge in [0.05, 0.1) is 15.7 Å². The molecule has 8 heteroatoms. The predicted octanol–water partition coefficient (Wildman–Crippen LogP) is 4.48. The van der Waals surface area contributed by atoms with Crippen LogP contribution in [-0.4, -0.2) is 26.5 Å². The third-order valence-electron chi connectivity index (χ3n) is 4.30. The summed E-state index contributed by atoms with van der Waals surface area (Å²) in [6.45, 7) is 0. The van der Waals surface area contributed by atoms with Crippen molar-refractivity contribution in [2.24, 2.45) is 0 Å². The van der Waals surface area contributed by atoms with Crippen molar-refractivity contribution >= 4 is 48.8 Å². The first kappa shape index (κ1) is 17.7. The first-order valence-electron chi connectivity index (χ1n) is 7.93. The predicted molar refractivity (Wildman–Crippen MR) is 102 cm³/mol. The van der Waals surface area contributed by atoms with Gasteiger partial charge in [-0.15, -0.1) is 11.3 Å². The van der Waals surface area contributed by atoms with E-state index in [-0.39, 0.29) is 4.21 Å². The van der Waals surface area contributed by atoms with Crippen LogP contribution in [0.4, 0.5) is 11.5 Å². The molecule has 1 aliphatic carbocycles. The van der Waals surface area contributed by atoms with Crippen LogP contribution in [0, 0.1) is 0 Å². The van der Waals surface area contributed by atoms with Gasteiger partial charge < -0.3 is 4.90 Å². The van der Waals surface area contributed by atoms with Crippen LogP contribution >= 0.6 is 27.3 Å². The molecule has 0 aliphatic heterocycles. The van der Waals surface area contributed by atoms with E-state index in [9.17, 15) is 8.42 Å². The molecule has 1 saturated carbocycles. The second kappa shape index (κ2) is 7.41.